The molecule has 0 fully saturated rings. The molecule has 1 heterocycles. The van der Waals surface area contributed by atoms with Gasteiger partial charge in [-0.2, -0.15) is 13.5 Å². The van der Waals surface area contributed by atoms with Crippen LogP contribution < -0.4 is 4.18 Å². The summed E-state index contributed by atoms with van der Waals surface area (Å²) in [4.78, 5) is 0. The topological polar surface area (TPSA) is 111 Å². The molecule has 3 aromatic carbocycles. The van der Waals surface area contributed by atoms with Crippen LogP contribution in [0.5, 0.6) is 5.75 Å². The van der Waals surface area contributed by atoms with Crippen LogP contribution in [0.3, 0.4) is 0 Å². The van der Waals surface area contributed by atoms with Crippen molar-refractivity contribution in [3.05, 3.63) is 71.0 Å². The Hall–Kier alpha value is -3.02. The van der Waals surface area contributed by atoms with Crippen LogP contribution in [-0.2, 0) is 25.7 Å². The average molecular weight is 490 g/mol. The smallest absolute Gasteiger partial charge is 0.306 e. The summed E-state index contributed by atoms with van der Waals surface area (Å²) in [6.45, 7) is 0. The second-order valence-electron chi connectivity index (χ2n) is 7.37. The Morgan fingerprint density at radius 1 is 1.00 bits per heavy atom. The molecule has 11 heteroatoms. The lowest BCUT2D eigenvalue weighted by Crippen LogP contribution is -2.09. The van der Waals surface area contributed by atoms with E-state index in [0.717, 1.165) is 29.0 Å². The minimum Gasteiger partial charge on any atom is -0.382 e. The lowest BCUT2D eigenvalue weighted by molar-refractivity contribution is 0.493. The maximum atomic E-state index is 11.9. The molecule has 4 rings (SSSR count). The molecule has 0 spiro atoms. The van der Waals surface area contributed by atoms with Crippen molar-refractivity contribution in [1.82, 2.24) is 14.8 Å². The molecule has 4 aromatic rings. The van der Waals surface area contributed by atoms with E-state index in [2.05, 4.69) is 10.2 Å². The van der Waals surface area contributed by atoms with E-state index in [9.17, 15) is 16.8 Å². The molecule has 1 N–H and O–H groups in total. The summed E-state index contributed by atoms with van der Waals surface area (Å²) in [5.74, 6) is 0.0314. The Kier molecular flexibility index (Phi) is 5.65. The van der Waals surface area contributed by atoms with Crippen molar-refractivity contribution in [3.8, 4) is 22.8 Å². The average Bonchev–Trinajstić information content (AvgIpc) is 3.06. The fourth-order valence-electron chi connectivity index (χ4n) is 3.48. The van der Waals surface area contributed by atoms with Crippen molar-refractivity contribution in [1.29, 1.82) is 0 Å². The zero-order valence-corrected chi connectivity index (χ0v) is 19.6. The van der Waals surface area contributed by atoms with Crippen molar-refractivity contribution >= 4 is 42.9 Å². The largest absolute Gasteiger partial charge is 0.382 e. The number of aromatic nitrogens is 3. The van der Waals surface area contributed by atoms with Gasteiger partial charge >= 0.3 is 10.1 Å². The van der Waals surface area contributed by atoms with Crippen LogP contribution in [0.25, 0.3) is 27.8 Å². The van der Waals surface area contributed by atoms with Crippen LogP contribution in [0.15, 0.2) is 60.7 Å². The Labute approximate surface area is 190 Å². The number of sulfone groups is 1. The third-order valence-electron chi connectivity index (χ3n) is 4.64. The molecule has 0 aliphatic carbocycles. The van der Waals surface area contributed by atoms with Crippen LogP contribution in [-0.4, -0.2) is 44.1 Å². The first-order valence-corrected chi connectivity index (χ1v) is 13.7. The molecule has 0 saturated carbocycles. The highest BCUT2D eigenvalue weighted by Crippen LogP contribution is 2.34. The van der Waals surface area contributed by atoms with Gasteiger partial charge in [0, 0.05) is 11.6 Å². The van der Waals surface area contributed by atoms with Crippen LogP contribution in [0, 0.1) is 4.77 Å². The summed E-state index contributed by atoms with van der Waals surface area (Å²) in [6, 6.07) is 18.1. The Bertz CT molecular complexity index is 1600. The fourth-order valence-corrected chi connectivity index (χ4v) is 4.96. The molecule has 32 heavy (non-hydrogen) atoms. The summed E-state index contributed by atoms with van der Waals surface area (Å²) in [5, 5.41) is 8.99. The van der Waals surface area contributed by atoms with Crippen molar-refractivity contribution in [2.45, 2.75) is 5.75 Å². The van der Waals surface area contributed by atoms with Crippen molar-refractivity contribution < 1.29 is 21.0 Å². The Morgan fingerprint density at radius 3 is 2.44 bits per heavy atom. The number of hydrogen-bond donors (Lipinski definition) is 1. The number of hydrogen-bond acceptors (Lipinski definition) is 7. The first-order chi connectivity index (χ1) is 15.0. The maximum absolute atomic E-state index is 11.9. The van der Waals surface area contributed by atoms with Gasteiger partial charge in [0.25, 0.3) is 0 Å². The summed E-state index contributed by atoms with van der Waals surface area (Å²) >= 11 is 5.47. The van der Waals surface area contributed by atoms with Gasteiger partial charge in [0.1, 0.15) is 0 Å². The minimum absolute atomic E-state index is 0.0378. The number of aromatic amines is 1. The first-order valence-electron chi connectivity index (χ1n) is 9.38. The number of benzene rings is 3. The quantitative estimate of drug-likeness (QED) is 0.325. The third-order valence-corrected chi connectivity index (χ3v) is 6.25. The SMILES string of the molecule is CS(=O)(=O)Cc1ccc(-c2n[nH]c(=S)n2-c2cccc3ccccc23)c(OS(C)(=O)=O)c1. The van der Waals surface area contributed by atoms with Crippen molar-refractivity contribution in [2.24, 2.45) is 0 Å². The second-order valence-corrected chi connectivity index (χ2v) is 11.5. The van der Waals surface area contributed by atoms with E-state index in [0.29, 0.717) is 21.7 Å². The number of fused-ring (bicyclic) bond motifs is 1. The molecule has 0 aliphatic heterocycles. The molecule has 0 unspecified atom stereocenters. The number of H-pyrrole nitrogens is 1. The van der Waals surface area contributed by atoms with Gasteiger partial charge in [0.05, 0.1) is 23.3 Å². The van der Waals surface area contributed by atoms with Crippen LogP contribution in [0.2, 0.25) is 0 Å². The van der Waals surface area contributed by atoms with Gasteiger partial charge in [0.2, 0.25) is 0 Å². The van der Waals surface area contributed by atoms with Gasteiger partial charge < -0.3 is 4.18 Å². The predicted octanol–water partition coefficient (Wildman–Crippen LogP) is 3.63. The molecule has 8 nitrogen and oxygen atoms in total. The molecule has 0 atom stereocenters. The molecular weight excluding hydrogens is 470 g/mol. The highest BCUT2D eigenvalue weighted by molar-refractivity contribution is 7.89. The standard InChI is InChI=1S/C21H19N3O5S3/c1-31(25,26)13-14-10-11-17(19(12-14)29-32(2,27)28)20-22-23-21(30)24(20)18-9-5-7-15-6-3-4-8-16(15)18/h3-12H,13H2,1-2H3,(H,23,30). The molecule has 166 valence electrons. The van der Waals surface area contributed by atoms with E-state index in [4.69, 9.17) is 16.4 Å². The monoisotopic (exact) mass is 489 g/mol. The molecule has 0 aliphatic rings. The van der Waals surface area contributed by atoms with Crippen LogP contribution in [0.1, 0.15) is 5.56 Å². The van der Waals surface area contributed by atoms with E-state index in [-0.39, 0.29) is 11.5 Å². The van der Waals surface area contributed by atoms with E-state index in [1.54, 1.807) is 16.7 Å². The zero-order chi connectivity index (χ0) is 23.1. The van der Waals surface area contributed by atoms with Crippen LogP contribution >= 0.6 is 12.2 Å². The second kappa shape index (κ2) is 8.15. The maximum Gasteiger partial charge on any atom is 0.306 e. The minimum atomic E-state index is -3.90. The number of rotatable bonds is 6. The summed E-state index contributed by atoms with van der Waals surface area (Å²) in [7, 11) is -7.23. The zero-order valence-electron chi connectivity index (χ0n) is 17.1. The number of nitrogens with one attached hydrogen (secondary N) is 1. The highest BCUT2D eigenvalue weighted by Gasteiger charge is 2.20. The van der Waals surface area contributed by atoms with Gasteiger partial charge in [-0.3, -0.25) is 9.67 Å². The van der Waals surface area contributed by atoms with Gasteiger partial charge in [-0.1, -0.05) is 42.5 Å². The van der Waals surface area contributed by atoms with E-state index < -0.39 is 20.0 Å². The highest BCUT2D eigenvalue weighted by atomic mass is 32.2. The summed E-state index contributed by atoms with van der Waals surface area (Å²) in [5.41, 5.74) is 1.48. The molecule has 0 bridgehead atoms. The third kappa shape index (κ3) is 4.74. The molecule has 0 saturated heterocycles. The lowest BCUT2D eigenvalue weighted by atomic mass is 10.1. The molecule has 1 aromatic heterocycles. The normalized spacial score (nSPS) is 12.2. The molecular formula is C21H19N3O5S3. The Morgan fingerprint density at radius 2 is 1.72 bits per heavy atom. The van der Waals surface area contributed by atoms with Crippen LogP contribution in [0.4, 0.5) is 0 Å². The van der Waals surface area contributed by atoms with E-state index >= 15 is 0 Å². The van der Waals surface area contributed by atoms with Gasteiger partial charge in [-0.25, -0.2) is 8.42 Å². The first kappa shape index (κ1) is 22.2. The van der Waals surface area contributed by atoms with Gasteiger partial charge in [-0.05, 0) is 41.4 Å². The summed E-state index contributed by atoms with van der Waals surface area (Å²) in [6.07, 6.45) is 2.02. The van der Waals surface area contributed by atoms with E-state index in [1.165, 1.54) is 6.07 Å². The Balaban J connectivity index is 1.96. The van der Waals surface area contributed by atoms with E-state index in [1.807, 2.05) is 42.5 Å². The number of nitrogens with zero attached hydrogens (tertiary/aromatic N) is 2. The van der Waals surface area contributed by atoms with Crippen molar-refractivity contribution in [3.63, 3.8) is 0 Å². The van der Waals surface area contributed by atoms with Crippen molar-refractivity contribution in [2.75, 3.05) is 12.5 Å². The van der Waals surface area contributed by atoms with Gasteiger partial charge in [0.15, 0.2) is 26.2 Å². The predicted molar refractivity (Wildman–Crippen MR) is 126 cm³/mol. The molecule has 0 radical (unpaired) electrons. The lowest BCUT2D eigenvalue weighted by Gasteiger charge is -2.14. The molecule has 0 amide bonds. The summed E-state index contributed by atoms with van der Waals surface area (Å²) < 4.78 is 54.5. The fraction of sp³-hybridized carbons (Fsp3) is 0.143. The van der Waals surface area contributed by atoms with Gasteiger partial charge in [-0.15, -0.1) is 0 Å².